The van der Waals surface area contributed by atoms with E-state index in [1.165, 1.54) is 0 Å². The van der Waals surface area contributed by atoms with Crippen molar-refractivity contribution in [2.75, 3.05) is 70.3 Å². The second-order valence-corrected chi connectivity index (χ2v) is 5.23. The van der Waals surface area contributed by atoms with Crippen molar-refractivity contribution in [2.24, 2.45) is 0 Å². The molecule has 0 atom stereocenters. The van der Waals surface area contributed by atoms with Gasteiger partial charge in [0.15, 0.2) is 0 Å². The predicted molar refractivity (Wildman–Crippen MR) is 84.6 cm³/mol. The van der Waals surface area contributed by atoms with Gasteiger partial charge in [0.25, 0.3) is 0 Å². The second kappa shape index (κ2) is 8.81. The number of hydrogen-bond donors (Lipinski definition) is 1. The lowest BCUT2D eigenvalue weighted by molar-refractivity contribution is 0.0824. The Labute approximate surface area is 126 Å². The summed E-state index contributed by atoms with van der Waals surface area (Å²) in [5.41, 5.74) is 6.77. The van der Waals surface area contributed by atoms with Gasteiger partial charge in [-0.15, -0.1) is 0 Å². The number of pyridine rings is 1. The van der Waals surface area contributed by atoms with Crippen LogP contribution in [-0.2, 0) is 9.47 Å². The van der Waals surface area contributed by atoms with Gasteiger partial charge in [0.2, 0.25) is 0 Å². The molecule has 2 rings (SSSR count). The van der Waals surface area contributed by atoms with Crippen LogP contribution in [0, 0.1) is 0 Å². The molecule has 0 aromatic carbocycles. The summed E-state index contributed by atoms with van der Waals surface area (Å²) in [4.78, 5) is 8.94. The molecule has 0 bridgehead atoms. The number of nitrogen functional groups attached to an aromatic ring is 1. The molecule has 1 fully saturated rings. The molecule has 1 aromatic rings. The Morgan fingerprint density at radius 2 is 1.95 bits per heavy atom. The molecular weight excluding hydrogens is 268 g/mol. The quantitative estimate of drug-likeness (QED) is 0.717. The summed E-state index contributed by atoms with van der Waals surface area (Å²) in [7, 11) is 1.72. The minimum atomic E-state index is 0.572. The summed E-state index contributed by atoms with van der Waals surface area (Å²) in [5, 5.41) is 0. The van der Waals surface area contributed by atoms with Gasteiger partial charge in [-0.1, -0.05) is 0 Å². The molecule has 6 nitrogen and oxygen atoms in total. The number of piperazine rings is 1. The lowest BCUT2D eigenvalue weighted by Crippen LogP contribution is -2.47. The average Bonchev–Trinajstić information content (AvgIpc) is 2.52. The monoisotopic (exact) mass is 294 g/mol. The van der Waals surface area contributed by atoms with E-state index in [0.29, 0.717) is 5.82 Å². The number of hydrogen-bond acceptors (Lipinski definition) is 6. The molecule has 1 aromatic heterocycles. The van der Waals surface area contributed by atoms with Gasteiger partial charge in [-0.05, 0) is 18.6 Å². The van der Waals surface area contributed by atoms with E-state index >= 15 is 0 Å². The lowest BCUT2D eigenvalue weighted by atomic mass is 10.2. The van der Waals surface area contributed by atoms with Crippen LogP contribution in [0.25, 0.3) is 0 Å². The van der Waals surface area contributed by atoms with Crippen molar-refractivity contribution in [1.82, 2.24) is 9.88 Å². The summed E-state index contributed by atoms with van der Waals surface area (Å²) < 4.78 is 10.6. The number of nitrogens with two attached hydrogens (primary N) is 1. The van der Waals surface area contributed by atoms with Crippen LogP contribution in [0.15, 0.2) is 18.3 Å². The van der Waals surface area contributed by atoms with Crippen LogP contribution < -0.4 is 10.6 Å². The SMILES string of the molecule is COCCCOCCN1CCN(c2ccc(N)nc2)CC1. The molecule has 0 saturated carbocycles. The molecule has 0 spiro atoms. The van der Waals surface area contributed by atoms with E-state index in [0.717, 1.165) is 64.7 Å². The van der Waals surface area contributed by atoms with E-state index in [-0.39, 0.29) is 0 Å². The van der Waals surface area contributed by atoms with Crippen LogP contribution in [0.2, 0.25) is 0 Å². The van der Waals surface area contributed by atoms with Crippen LogP contribution in [0.1, 0.15) is 6.42 Å². The second-order valence-electron chi connectivity index (χ2n) is 5.23. The molecule has 118 valence electrons. The largest absolute Gasteiger partial charge is 0.385 e. The van der Waals surface area contributed by atoms with Gasteiger partial charge in [0.1, 0.15) is 5.82 Å². The van der Waals surface area contributed by atoms with Crippen molar-refractivity contribution in [1.29, 1.82) is 0 Å². The van der Waals surface area contributed by atoms with Crippen molar-refractivity contribution >= 4 is 11.5 Å². The van der Waals surface area contributed by atoms with E-state index in [1.807, 2.05) is 18.3 Å². The molecule has 1 aliphatic heterocycles. The fourth-order valence-corrected chi connectivity index (χ4v) is 2.42. The summed E-state index contributed by atoms with van der Waals surface area (Å²) in [6.45, 7) is 7.52. The van der Waals surface area contributed by atoms with Crippen LogP contribution in [0.5, 0.6) is 0 Å². The maximum Gasteiger partial charge on any atom is 0.123 e. The van der Waals surface area contributed by atoms with Crippen molar-refractivity contribution in [3.63, 3.8) is 0 Å². The molecule has 0 aliphatic carbocycles. The topological polar surface area (TPSA) is 63.9 Å². The van der Waals surface area contributed by atoms with Gasteiger partial charge < -0.3 is 20.1 Å². The molecule has 21 heavy (non-hydrogen) atoms. The summed E-state index contributed by atoms with van der Waals surface area (Å²) in [6, 6.07) is 3.90. The van der Waals surface area contributed by atoms with Crippen LogP contribution in [-0.4, -0.2) is 69.5 Å². The van der Waals surface area contributed by atoms with E-state index in [4.69, 9.17) is 15.2 Å². The zero-order valence-electron chi connectivity index (χ0n) is 12.8. The first-order valence-electron chi connectivity index (χ1n) is 7.55. The zero-order chi connectivity index (χ0) is 14.9. The Bertz CT molecular complexity index is 391. The minimum absolute atomic E-state index is 0.572. The highest BCUT2D eigenvalue weighted by molar-refractivity contribution is 5.48. The normalized spacial score (nSPS) is 16.3. The van der Waals surface area contributed by atoms with E-state index in [1.54, 1.807) is 7.11 Å². The standard InChI is InChI=1S/C15H26N4O2/c1-20-10-2-11-21-12-9-18-5-7-19(8-6-18)14-3-4-15(16)17-13-14/h3-4,13H,2,5-12H2,1H3,(H2,16,17). The average molecular weight is 294 g/mol. The van der Waals surface area contributed by atoms with Crippen molar-refractivity contribution in [3.05, 3.63) is 18.3 Å². The van der Waals surface area contributed by atoms with Gasteiger partial charge in [0, 0.05) is 53.0 Å². The molecule has 6 heteroatoms. The van der Waals surface area contributed by atoms with Gasteiger partial charge in [-0.3, -0.25) is 4.90 Å². The number of rotatable bonds is 8. The molecule has 2 heterocycles. The highest BCUT2D eigenvalue weighted by Gasteiger charge is 2.16. The fourth-order valence-electron chi connectivity index (χ4n) is 2.42. The Morgan fingerprint density at radius 3 is 2.62 bits per heavy atom. The van der Waals surface area contributed by atoms with Gasteiger partial charge >= 0.3 is 0 Å². The number of aromatic nitrogens is 1. The number of anilines is 2. The molecule has 0 unspecified atom stereocenters. The van der Waals surface area contributed by atoms with Gasteiger partial charge in [0.05, 0.1) is 18.5 Å². The fraction of sp³-hybridized carbons (Fsp3) is 0.667. The summed E-state index contributed by atoms with van der Waals surface area (Å²) in [6.07, 6.45) is 2.82. The summed E-state index contributed by atoms with van der Waals surface area (Å²) >= 11 is 0. The van der Waals surface area contributed by atoms with Crippen LogP contribution in [0.3, 0.4) is 0 Å². The smallest absolute Gasteiger partial charge is 0.123 e. The van der Waals surface area contributed by atoms with Gasteiger partial charge in [-0.25, -0.2) is 4.98 Å². The first-order valence-corrected chi connectivity index (χ1v) is 7.55. The lowest BCUT2D eigenvalue weighted by Gasteiger charge is -2.35. The zero-order valence-corrected chi connectivity index (χ0v) is 12.8. The highest BCUT2D eigenvalue weighted by atomic mass is 16.5. The Balaban J connectivity index is 1.61. The van der Waals surface area contributed by atoms with Crippen LogP contribution >= 0.6 is 0 Å². The number of methoxy groups -OCH3 is 1. The predicted octanol–water partition coefficient (Wildman–Crippen LogP) is 0.839. The Morgan fingerprint density at radius 1 is 1.14 bits per heavy atom. The maximum atomic E-state index is 5.62. The molecule has 1 saturated heterocycles. The molecule has 1 aliphatic rings. The third-order valence-electron chi connectivity index (χ3n) is 3.70. The molecular formula is C15H26N4O2. The molecule has 0 amide bonds. The van der Waals surface area contributed by atoms with E-state index < -0.39 is 0 Å². The Hall–Kier alpha value is -1.37. The van der Waals surface area contributed by atoms with E-state index in [9.17, 15) is 0 Å². The van der Waals surface area contributed by atoms with E-state index in [2.05, 4.69) is 14.8 Å². The third-order valence-corrected chi connectivity index (χ3v) is 3.70. The Kier molecular flexibility index (Phi) is 6.72. The summed E-state index contributed by atoms with van der Waals surface area (Å²) in [5.74, 6) is 0.572. The van der Waals surface area contributed by atoms with Crippen molar-refractivity contribution in [2.45, 2.75) is 6.42 Å². The number of ether oxygens (including phenoxy) is 2. The first kappa shape index (κ1) is 16.0. The van der Waals surface area contributed by atoms with Crippen LogP contribution in [0.4, 0.5) is 11.5 Å². The van der Waals surface area contributed by atoms with Crippen molar-refractivity contribution < 1.29 is 9.47 Å². The number of nitrogens with zero attached hydrogens (tertiary/aromatic N) is 3. The maximum absolute atomic E-state index is 5.62. The molecule has 2 N–H and O–H groups in total. The van der Waals surface area contributed by atoms with Crippen molar-refractivity contribution in [3.8, 4) is 0 Å². The first-order chi connectivity index (χ1) is 10.3. The minimum Gasteiger partial charge on any atom is -0.385 e. The molecule has 0 radical (unpaired) electrons. The van der Waals surface area contributed by atoms with Gasteiger partial charge in [-0.2, -0.15) is 0 Å². The third kappa shape index (κ3) is 5.49. The highest BCUT2D eigenvalue weighted by Crippen LogP contribution is 2.15.